The normalized spacial score (nSPS) is 21.1. The molecule has 0 radical (unpaired) electrons. The zero-order valence-corrected chi connectivity index (χ0v) is 8.89. The number of nitrogens with one attached hydrogen (secondary N) is 1. The molecule has 1 aromatic heterocycles. The molecule has 1 fully saturated rings. The summed E-state index contributed by atoms with van der Waals surface area (Å²) in [4.78, 5) is 13.1. The topological polar surface area (TPSA) is 38.3 Å². The highest BCUT2D eigenvalue weighted by Crippen LogP contribution is 2.29. The van der Waals surface area contributed by atoms with Crippen molar-refractivity contribution in [1.82, 2.24) is 5.32 Å². The zero-order chi connectivity index (χ0) is 9.97. The number of ether oxygens (including phenoxy) is 1. The van der Waals surface area contributed by atoms with E-state index in [-0.39, 0.29) is 5.97 Å². The number of carbonyl (C=O) groups is 1. The quantitative estimate of drug-likeness (QED) is 0.760. The summed E-state index contributed by atoms with van der Waals surface area (Å²) < 4.78 is 4.66. The number of methoxy groups -OCH3 is 1. The molecule has 3 nitrogen and oxygen atoms in total. The summed E-state index contributed by atoms with van der Waals surface area (Å²) in [5.74, 6) is -0.237. The lowest BCUT2D eigenvalue weighted by Crippen LogP contribution is -2.11. The van der Waals surface area contributed by atoms with E-state index in [1.165, 1.54) is 36.2 Å². The van der Waals surface area contributed by atoms with Crippen LogP contribution >= 0.6 is 11.3 Å². The van der Waals surface area contributed by atoms with Gasteiger partial charge in [-0.05, 0) is 31.5 Å². The van der Waals surface area contributed by atoms with Crippen molar-refractivity contribution in [3.05, 3.63) is 21.9 Å². The van der Waals surface area contributed by atoms with E-state index in [9.17, 15) is 4.79 Å². The SMILES string of the molecule is COC(=O)c1ccc([C@H]2CCCN2)s1. The molecule has 0 unspecified atom stereocenters. The van der Waals surface area contributed by atoms with Gasteiger partial charge in [0.1, 0.15) is 4.88 Å². The Morgan fingerprint density at radius 3 is 3.14 bits per heavy atom. The van der Waals surface area contributed by atoms with Gasteiger partial charge in [0.25, 0.3) is 0 Å². The van der Waals surface area contributed by atoms with E-state index >= 15 is 0 Å². The molecule has 0 spiro atoms. The molecule has 1 aliphatic heterocycles. The van der Waals surface area contributed by atoms with Crippen LogP contribution in [0.3, 0.4) is 0 Å². The Bertz CT molecular complexity index is 329. The molecule has 2 heterocycles. The largest absolute Gasteiger partial charge is 0.465 e. The number of esters is 1. The third-order valence-corrected chi connectivity index (χ3v) is 3.60. The molecule has 2 rings (SSSR count). The summed E-state index contributed by atoms with van der Waals surface area (Å²) in [6, 6.07) is 4.30. The van der Waals surface area contributed by atoms with Crippen LogP contribution in [0.5, 0.6) is 0 Å². The first-order valence-corrected chi connectivity index (χ1v) is 5.54. The van der Waals surface area contributed by atoms with E-state index in [0.29, 0.717) is 10.9 Å². The van der Waals surface area contributed by atoms with E-state index in [1.807, 2.05) is 12.1 Å². The predicted octanol–water partition coefficient (Wildman–Crippen LogP) is 1.96. The molecule has 1 atom stereocenters. The Morgan fingerprint density at radius 1 is 1.64 bits per heavy atom. The van der Waals surface area contributed by atoms with Crippen LogP contribution in [0.4, 0.5) is 0 Å². The van der Waals surface area contributed by atoms with Crippen molar-refractivity contribution in [2.45, 2.75) is 18.9 Å². The Morgan fingerprint density at radius 2 is 2.50 bits per heavy atom. The minimum Gasteiger partial charge on any atom is -0.465 e. The molecule has 0 aromatic carbocycles. The van der Waals surface area contributed by atoms with E-state index in [0.717, 1.165) is 6.54 Å². The minimum atomic E-state index is -0.237. The third kappa shape index (κ3) is 1.81. The first-order valence-electron chi connectivity index (χ1n) is 4.72. The van der Waals surface area contributed by atoms with Crippen molar-refractivity contribution in [3.63, 3.8) is 0 Å². The molecule has 0 saturated carbocycles. The lowest BCUT2D eigenvalue weighted by molar-refractivity contribution is 0.0606. The zero-order valence-electron chi connectivity index (χ0n) is 8.08. The van der Waals surface area contributed by atoms with E-state index < -0.39 is 0 Å². The molecular formula is C10H13NO2S. The van der Waals surface area contributed by atoms with Gasteiger partial charge in [-0.25, -0.2) is 4.79 Å². The van der Waals surface area contributed by atoms with Crippen LogP contribution in [0.1, 0.15) is 33.4 Å². The Hall–Kier alpha value is -0.870. The molecule has 1 aliphatic rings. The molecule has 0 amide bonds. The van der Waals surface area contributed by atoms with Gasteiger partial charge >= 0.3 is 5.97 Å². The molecular weight excluding hydrogens is 198 g/mol. The first-order chi connectivity index (χ1) is 6.81. The smallest absolute Gasteiger partial charge is 0.348 e. The Kier molecular flexibility index (Phi) is 2.84. The number of rotatable bonds is 2. The van der Waals surface area contributed by atoms with Gasteiger partial charge < -0.3 is 10.1 Å². The van der Waals surface area contributed by atoms with Crippen LogP contribution in [-0.4, -0.2) is 19.6 Å². The van der Waals surface area contributed by atoms with Crippen molar-refractivity contribution in [1.29, 1.82) is 0 Å². The van der Waals surface area contributed by atoms with E-state index in [2.05, 4.69) is 10.1 Å². The molecule has 76 valence electrons. The van der Waals surface area contributed by atoms with Crippen molar-refractivity contribution in [2.75, 3.05) is 13.7 Å². The van der Waals surface area contributed by atoms with E-state index in [1.54, 1.807) is 0 Å². The molecule has 1 aromatic rings. The molecule has 0 bridgehead atoms. The maximum absolute atomic E-state index is 11.2. The summed E-state index contributed by atoms with van der Waals surface area (Å²) in [6.45, 7) is 1.08. The maximum Gasteiger partial charge on any atom is 0.348 e. The summed E-state index contributed by atoms with van der Waals surface area (Å²) in [5, 5.41) is 3.40. The summed E-state index contributed by atoms with van der Waals surface area (Å²) in [6.07, 6.45) is 2.39. The van der Waals surface area contributed by atoms with E-state index in [4.69, 9.17) is 0 Å². The highest BCUT2D eigenvalue weighted by atomic mass is 32.1. The summed E-state index contributed by atoms with van der Waals surface area (Å²) in [7, 11) is 1.41. The van der Waals surface area contributed by atoms with Crippen LogP contribution < -0.4 is 5.32 Å². The van der Waals surface area contributed by atoms with Crippen molar-refractivity contribution in [2.24, 2.45) is 0 Å². The van der Waals surface area contributed by atoms with Gasteiger partial charge in [0.15, 0.2) is 0 Å². The highest BCUT2D eigenvalue weighted by Gasteiger charge is 2.19. The Labute approximate surface area is 87.1 Å². The standard InChI is InChI=1S/C10H13NO2S/c1-13-10(12)9-5-4-8(14-9)7-3-2-6-11-7/h4-5,7,11H,2-3,6H2,1H3/t7-/m1/s1. The van der Waals surface area contributed by atoms with Gasteiger partial charge in [-0.1, -0.05) is 0 Å². The number of hydrogen-bond donors (Lipinski definition) is 1. The average Bonchev–Trinajstić information content (AvgIpc) is 2.86. The number of thiophene rings is 1. The fraction of sp³-hybridized carbons (Fsp3) is 0.500. The second kappa shape index (κ2) is 4.11. The molecule has 0 aliphatic carbocycles. The molecule has 4 heteroatoms. The van der Waals surface area contributed by atoms with Crippen LogP contribution in [0.25, 0.3) is 0 Å². The van der Waals surface area contributed by atoms with Crippen molar-refractivity contribution < 1.29 is 9.53 Å². The summed E-state index contributed by atoms with van der Waals surface area (Å²) in [5.41, 5.74) is 0. The van der Waals surface area contributed by atoms with Gasteiger partial charge in [-0.15, -0.1) is 11.3 Å². The van der Waals surface area contributed by atoms with Gasteiger partial charge in [0, 0.05) is 10.9 Å². The first kappa shape index (κ1) is 9.68. The van der Waals surface area contributed by atoms with Crippen molar-refractivity contribution >= 4 is 17.3 Å². The van der Waals surface area contributed by atoms with Crippen LogP contribution in [0.15, 0.2) is 12.1 Å². The monoisotopic (exact) mass is 211 g/mol. The second-order valence-electron chi connectivity index (χ2n) is 3.34. The molecule has 14 heavy (non-hydrogen) atoms. The fourth-order valence-corrected chi connectivity index (χ4v) is 2.71. The lowest BCUT2D eigenvalue weighted by Gasteiger charge is -2.05. The van der Waals surface area contributed by atoms with Gasteiger partial charge in [-0.2, -0.15) is 0 Å². The number of carbonyl (C=O) groups excluding carboxylic acids is 1. The third-order valence-electron chi connectivity index (χ3n) is 2.42. The predicted molar refractivity (Wildman–Crippen MR) is 55.6 cm³/mol. The highest BCUT2D eigenvalue weighted by molar-refractivity contribution is 7.14. The molecule has 1 N–H and O–H groups in total. The second-order valence-corrected chi connectivity index (χ2v) is 4.46. The summed E-state index contributed by atoms with van der Waals surface area (Å²) >= 11 is 1.53. The van der Waals surface area contributed by atoms with Crippen LogP contribution in [0, 0.1) is 0 Å². The van der Waals surface area contributed by atoms with Gasteiger partial charge in [0.2, 0.25) is 0 Å². The van der Waals surface area contributed by atoms with Gasteiger partial charge in [0.05, 0.1) is 7.11 Å². The maximum atomic E-state index is 11.2. The van der Waals surface area contributed by atoms with Gasteiger partial charge in [-0.3, -0.25) is 0 Å². The Balaban J connectivity index is 2.12. The average molecular weight is 211 g/mol. The minimum absolute atomic E-state index is 0.237. The lowest BCUT2D eigenvalue weighted by atomic mass is 10.2. The fourth-order valence-electron chi connectivity index (χ4n) is 1.68. The van der Waals surface area contributed by atoms with Crippen LogP contribution in [-0.2, 0) is 4.74 Å². The molecule has 1 saturated heterocycles. The number of hydrogen-bond acceptors (Lipinski definition) is 4. The van der Waals surface area contributed by atoms with Crippen molar-refractivity contribution in [3.8, 4) is 0 Å². The van der Waals surface area contributed by atoms with Crippen LogP contribution in [0.2, 0.25) is 0 Å².